The minimum absolute atomic E-state index is 0.0780. The lowest BCUT2D eigenvalue weighted by Gasteiger charge is -2.22. The molecule has 8 nitrogen and oxygen atoms in total. The Morgan fingerprint density at radius 2 is 1.97 bits per heavy atom. The number of carbonyl (C=O) groups is 1. The summed E-state index contributed by atoms with van der Waals surface area (Å²) >= 11 is 1.40. The van der Waals surface area contributed by atoms with E-state index in [0.717, 1.165) is 36.5 Å². The number of para-hydroxylation sites is 2. The van der Waals surface area contributed by atoms with E-state index in [-0.39, 0.29) is 11.5 Å². The highest BCUT2D eigenvalue weighted by Crippen LogP contribution is 2.19. The number of benzene rings is 1. The van der Waals surface area contributed by atoms with Gasteiger partial charge in [0.1, 0.15) is 0 Å². The molecule has 1 amide bonds. The van der Waals surface area contributed by atoms with Crippen molar-refractivity contribution in [2.24, 2.45) is 0 Å². The van der Waals surface area contributed by atoms with Crippen LogP contribution < -0.4 is 10.5 Å². The highest BCUT2D eigenvalue weighted by Gasteiger charge is 2.21. The number of amides is 1. The van der Waals surface area contributed by atoms with Gasteiger partial charge in [-0.05, 0) is 38.2 Å². The van der Waals surface area contributed by atoms with Gasteiger partial charge in [0.2, 0.25) is 11.9 Å². The van der Waals surface area contributed by atoms with Crippen LogP contribution in [0.25, 0.3) is 11.0 Å². The molecule has 0 unspecified atom stereocenters. The molecule has 0 radical (unpaired) electrons. The zero-order valence-electron chi connectivity index (χ0n) is 17.3. The summed E-state index contributed by atoms with van der Waals surface area (Å²) in [6, 6.07) is 7.98. The third-order valence-electron chi connectivity index (χ3n) is 5.51. The van der Waals surface area contributed by atoms with Crippen LogP contribution in [0.4, 0.5) is 5.95 Å². The normalized spacial score (nSPS) is 14.9. The molecule has 0 saturated carbocycles. The lowest BCUT2D eigenvalue weighted by molar-refractivity contribution is -0.130. The van der Waals surface area contributed by atoms with Gasteiger partial charge in [-0.15, -0.1) is 0 Å². The predicted octanol–water partition coefficient (Wildman–Crippen LogP) is 2.35. The smallest absolute Gasteiger partial charge is 0.254 e. The number of imidazole rings is 1. The van der Waals surface area contributed by atoms with Crippen LogP contribution in [0.2, 0.25) is 0 Å². The van der Waals surface area contributed by atoms with Gasteiger partial charge in [-0.2, -0.15) is 0 Å². The maximum absolute atomic E-state index is 12.8. The predicted molar refractivity (Wildman–Crippen MR) is 119 cm³/mol. The monoisotopic (exact) mass is 426 g/mol. The van der Waals surface area contributed by atoms with E-state index >= 15 is 0 Å². The molecule has 30 heavy (non-hydrogen) atoms. The first-order chi connectivity index (χ1) is 14.5. The lowest BCUT2D eigenvalue weighted by Crippen LogP contribution is -2.35. The van der Waals surface area contributed by atoms with Crippen LogP contribution >= 0.6 is 11.8 Å². The van der Waals surface area contributed by atoms with Gasteiger partial charge in [0, 0.05) is 43.9 Å². The second-order valence-electron chi connectivity index (χ2n) is 7.44. The van der Waals surface area contributed by atoms with E-state index in [9.17, 15) is 9.59 Å². The summed E-state index contributed by atoms with van der Waals surface area (Å²) in [4.78, 5) is 44.4. The van der Waals surface area contributed by atoms with Crippen molar-refractivity contribution in [1.29, 1.82) is 0 Å². The SMILES string of the molecule is CSc1nc(C)c(CCC(=O)N2CCCN(c3nc4ccccc4[nH]3)CC2)c(=O)[nH]1. The van der Waals surface area contributed by atoms with Crippen molar-refractivity contribution in [3.05, 3.63) is 45.9 Å². The molecule has 4 rings (SSSR count). The van der Waals surface area contributed by atoms with E-state index in [1.807, 2.05) is 42.3 Å². The van der Waals surface area contributed by atoms with Gasteiger partial charge in [0.25, 0.3) is 5.56 Å². The summed E-state index contributed by atoms with van der Waals surface area (Å²) in [5.74, 6) is 0.932. The largest absolute Gasteiger partial charge is 0.341 e. The van der Waals surface area contributed by atoms with Crippen molar-refractivity contribution in [3.63, 3.8) is 0 Å². The Kier molecular flexibility index (Phi) is 6.08. The molecule has 1 fully saturated rings. The number of thioether (sulfide) groups is 1. The van der Waals surface area contributed by atoms with Gasteiger partial charge >= 0.3 is 0 Å². The molecule has 2 N–H and O–H groups in total. The maximum atomic E-state index is 12.8. The number of H-pyrrole nitrogens is 2. The third-order valence-corrected chi connectivity index (χ3v) is 6.09. The van der Waals surface area contributed by atoms with Gasteiger partial charge in [0.05, 0.1) is 11.0 Å². The topological polar surface area (TPSA) is 98.0 Å². The fraction of sp³-hybridized carbons (Fsp3) is 0.429. The molecule has 1 aliphatic rings. The zero-order chi connectivity index (χ0) is 21.1. The number of aromatic amines is 2. The Balaban J connectivity index is 1.37. The van der Waals surface area contributed by atoms with Gasteiger partial charge in [-0.25, -0.2) is 9.97 Å². The molecule has 0 spiro atoms. The van der Waals surface area contributed by atoms with Crippen molar-refractivity contribution in [2.75, 3.05) is 37.3 Å². The highest BCUT2D eigenvalue weighted by molar-refractivity contribution is 7.98. The van der Waals surface area contributed by atoms with Gasteiger partial charge < -0.3 is 19.8 Å². The molecule has 158 valence electrons. The molecule has 1 aliphatic heterocycles. The van der Waals surface area contributed by atoms with Gasteiger partial charge in [0.15, 0.2) is 5.16 Å². The molecule has 0 bridgehead atoms. The van der Waals surface area contributed by atoms with E-state index < -0.39 is 0 Å². The van der Waals surface area contributed by atoms with Crippen molar-refractivity contribution >= 4 is 34.7 Å². The number of fused-ring (bicyclic) bond motifs is 1. The summed E-state index contributed by atoms with van der Waals surface area (Å²) in [7, 11) is 0. The maximum Gasteiger partial charge on any atom is 0.254 e. The number of aromatic nitrogens is 4. The van der Waals surface area contributed by atoms with Crippen molar-refractivity contribution < 1.29 is 4.79 Å². The van der Waals surface area contributed by atoms with Crippen LogP contribution in [-0.2, 0) is 11.2 Å². The Bertz CT molecular complexity index is 1080. The molecule has 1 saturated heterocycles. The van der Waals surface area contributed by atoms with E-state index in [0.29, 0.717) is 42.3 Å². The van der Waals surface area contributed by atoms with E-state index in [2.05, 4.69) is 24.8 Å². The number of aryl methyl sites for hydroxylation is 1. The minimum atomic E-state index is -0.147. The summed E-state index contributed by atoms with van der Waals surface area (Å²) in [5.41, 5.74) is 3.12. The van der Waals surface area contributed by atoms with Gasteiger partial charge in [-0.1, -0.05) is 23.9 Å². The highest BCUT2D eigenvalue weighted by atomic mass is 32.2. The van der Waals surface area contributed by atoms with E-state index in [1.54, 1.807) is 0 Å². The van der Waals surface area contributed by atoms with Crippen LogP contribution in [0, 0.1) is 6.92 Å². The molecular weight excluding hydrogens is 400 g/mol. The van der Waals surface area contributed by atoms with Crippen molar-refractivity contribution in [3.8, 4) is 0 Å². The summed E-state index contributed by atoms with van der Waals surface area (Å²) in [6.07, 6.45) is 3.47. The molecule has 9 heteroatoms. The van der Waals surface area contributed by atoms with E-state index in [1.165, 1.54) is 11.8 Å². The molecule has 0 aliphatic carbocycles. The Labute approximate surface area is 179 Å². The summed E-state index contributed by atoms with van der Waals surface area (Å²) in [6.45, 7) is 4.77. The van der Waals surface area contributed by atoms with E-state index in [4.69, 9.17) is 0 Å². The number of hydrogen-bond acceptors (Lipinski definition) is 6. The number of nitrogens with zero attached hydrogens (tertiary/aromatic N) is 4. The number of anilines is 1. The van der Waals surface area contributed by atoms with Crippen molar-refractivity contribution in [2.45, 2.75) is 31.3 Å². The van der Waals surface area contributed by atoms with Crippen LogP contribution in [0.15, 0.2) is 34.2 Å². The fourth-order valence-corrected chi connectivity index (χ4v) is 4.26. The zero-order valence-corrected chi connectivity index (χ0v) is 18.1. The Morgan fingerprint density at radius 1 is 1.13 bits per heavy atom. The molecule has 0 atom stereocenters. The average Bonchev–Trinajstić information content (AvgIpc) is 3.02. The molecule has 2 aromatic heterocycles. The second kappa shape index (κ2) is 8.91. The third kappa shape index (κ3) is 4.35. The number of carbonyl (C=O) groups excluding carboxylic acids is 1. The van der Waals surface area contributed by atoms with Crippen molar-refractivity contribution in [1.82, 2.24) is 24.8 Å². The molecule has 3 heterocycles. The number of hydrogen-bond donors (Lipinski definition) is 2. The Morgan fingerprint density at radius 3 is 2.73 bits per heavy atom. The first-order valence-corrected chi connectivity index (χ1v) is 11.4. The van der Waals surface area contributed by atoms with Crippen LogP contribution in [-0.4, -0.2) is 63.2 Å². The number of nitrogens with one attached hydrogen (secondary N) is 2. The summed E-state index contributed by atoms with van der Waals surface area (Å²) < 4.78 is 0. The molecular formula is C21H26N6O2S. The first kappa shape index (κ1) is 20.5. The van der Waals surface area contributed by atoms with Gasteiger partial charge in [-0.3, -0.25) is 9.59 Å². The van der Waals surface area contributed by atoms with Crippen LogP contribution in [0.3, 0.4) is 0 Å². The Hall–Kier alpha value is -2.81. The fourth-order valence-electron chi connectivity index (χ4n) is 3.83. The lowest BCUT2D eigenvalue weighted by atomic mass is 10.1. The average molecular weight is 427 g/mol. The second-order valence-corrected chi connectivity index (χ2v) is 8.23. The molecule has 3 aromatic rings. The standard InChI is InChI=1S/C21H26N6O2S/c1-14-15(19(29)25-21(22-14)30-2)8-9-18(28)26-10-5-11-27(13-12-26)20-23-16-6-3-4-7-17(16)24-20/h3-4,6-7H,5,8-13H2,1-2H3,(H,23,24)(H,22,25,29). The quantitative estimate of drug-likeness (QED) is 0.480. The van der Waals surface area contributed by atoms with Crippen LogP contribution in [0.5, 0.6) is 0 Å². The molecule has 1 aromatic carbocycles. The minimum Gasteiger partial charge on any atom is -0.341 e. The van der Waals surface area contributed by atoms with Crippen LogP contribution in [0.1, 0.15) is 24.1 Å². The summed E-state index contributed by atoms with van der Waals surface area (Å²) in [5, 5.41) is 0.603. The number of rotatable bonds is 5. The first-order valence-electron chi connectivity index (χ1n) is 10.2.